The number of nitrogens with one attached hydrogen (secondary N) is 1. The number of hydrogen-bond donors (Lipinski definition) is 1. The lowest BCUT2D eigenvalue weighted by molar-refractivity contribution is 0.259. The molecule has 0 saturated heterocycles. The Kier molecular flexibility index (Phi) is 5.44. The van der Waals surface area contributed by atoms with Crippen molar-refractivity contribution in [2.75, 3.05) is 6.54 Å². The van der Waals surface area contributed by atoms with Crippen LogP contribution in [0.15, 0.2) is 18.2 Å². The van der Waals surface area contributed by atoms with Crippen LogP contribution in [-0.4, -0.2) is 12.6 Å². The second kappa shape index (κ2) is 6.87. The van der Waals surface area contributed by atoms with Gasteiger partial charge in [0.05, 0.1) is 0 Å². The number of nitrogens with zero attached hydrogens (tertiary/aromatic N) is 1. The third kappa shape index (κ3) is 4.04. The van der Waals surface area contributed by atoms with Crippen LogP contribution < -0.4 is 10.1 Å². The van der Waals surface area contributed by atoms with Gasteiger partial charge in [-0.3, -0.25) is 0 Å². The lowest BCUT2D eigenvalue weighted by atomic mass is 10.2. The molecule has 0 fully saturated rings. The second-order valence-electron chi connectivity index (χ2n) is 3.79. The van der Waals surface area contributed by atoms with Crippen LogP contribution in [0.4, 0.5) is 4.39 Å². The molecular formula is C13H17FN2O. The predicted molar refractivity (Wildman–Crippen MR) is 64.1 cm³/mol. The maximum atomic E-state index is 13.6. The van der Waals surface area contributed by atoms with Crippen molar-refractivity contribution >= 4 is 0 Å². The van der Waals surface area contributed by atoms with E-state index in [0.717, 1.165) is 18.5 Å². The molecule has 0 amide bonds. The van der Waals surface area contributed by atoms with E-state index in [0.29, 0.717) is 6.54 Å². The van der Waals surface area contributed by atoms with Crippen LogP contribution in [0, 0.1) is 17.1 Å². The Labute approximate surface area is 101 Å². The van der Waals surface area contributed by atoms with Crippen molar-refractivity contribution in [2.45, 2.75) is 32.9 Å². The summed E-state index contributed by atoms with van der Waals surface area (Å²) in [5.41, 5.74) is 0.737. The number of halogens is 1. The van der Waals surface area contributed by atoms with Gasteiger partial charge in [-0.1, -0.05) is 19.1 Å². The normalized spacial score (nSPS) is 11.9. The molecule has 1 aromatic rings. The zero-order chi connectivity index (χ0) is 12.7. The van der Waals surface area contributed by atoms with Gasteiger partial charge in [-0.25, -0.2) is 4.39 Å². The Morgan fingerprint density at radius 2 is 2.29 bits per heavy atom. The van der Waals surface area contributed by atoms with E-state index in [4.69, 9.17) is 10.00 Å². The molecule has 0 aromatic heterocycles. The smallest absolute Gasteiger partial charge is 0.181 e. The summed E-state index contributed by atoms with van der Waals surface area (Å²) in [5, 5.41) is 11.9. The van der Waals surface area contributed by atoms with E-state index < -0.39 is 11.9 Å². The summed E-state index contributed by atoms with van der Waals surface area (Å²) in [7, 11) is 0. The molecule has 1 N–H and O–H groups in total. The van der Waals surface area contributed by atoms with Crippen molar-refractivity contribution in [1.29, 1.82) is 5.26 Å². The Balaban J connectivity index is 2.81. The fourth-order valence-electron chi connectivity index (χ4n) is 1.43. The van der Waals surface area contributed by atoms with Crippen LogP contribution in [-0.2, 0) is 6.54 Å². The molecule has 4 heteroatoms. The fraction of sp³-hybridized carbons (Fsp3) is 0.462. The highest BCUT2D eigenvalue weighted by Crippen LogP contribution is 2.23. The molecule has 0 spiro atoms. The van der Waals surface area contributed by atoms with Gasteiger partial charge in [0, 0.05) is 12.1 Å². The predicted octanol–water partition coefficient (Wildman–Crippen LogP) is 2.62. The molecule has 0 aliphatic carbocycles. The highest BCUT2D eigenvalue weighted by atomic mass is 19.1. The largest absolute Gasteiger partial charge is 0.472 e. The Bertz CT molecular complexity index is 401. The average Bonchev–Trinajstić information content (AvgIpc) is 2.33. The molecule has 3 nitrogen and oxygen atoms in total. The molecule has 1 atom stereocenters. The summed E-state index contributed by atoms with van der Waals surface area (Å²) >= 11 is 0. The molecule has 0 bridgehead atoms. The van der Waals surface area contributed by atoms with Gasteiger partial charge in [0.15, 0.2) is 17.7 Å². The van der Waals surface area contributed by atoms with E-state index in [-0.39, 0.29) is 5.75 Å². The average molecular weight is 236 g/mol. The molecule has 1 rings (SSSR count). The SMILES string of the molecule is CCCNCc1cccc(F)c1OC(C)C#N. The van der Waals surface area contributed by atoms with Crippen molar-refractivity contribution in [3.8, 4) is 11.8 Å². The van der Waals surface area contributed by atoms with Crippen molar-refractivity contribution in [3.05, 3.63) is 29.6 Å². The molecule has 0 saturated carbocycles. The molecule has 1 unspecified atom stereocenters. The van der Waals surface area contributed by atoms with Gasteiger partial charge in [-0.05, 0) is 26.0 Å². The second-order valence-corrected chi connectivity index (χ2v) is 3.79. The quantitative estimate of drug-likeness (QED) is 0.772. The third-order valence-electron chi connectivity index (χ3n) is 2.27. The first-order valence-corrected chi connectivity index (χ1v) is 5.73. The summed E-state index contributed by atoms with van der Waals surface area (Å²) in [6, 6.07) is 6.70. The maximum Gasteiger partial charge on any atom is 0.181 e. The number of ether oxygens (including phenoxy) is 1. The van der Waals surface area contributed by atoms with Gasteiger partial charge in [-0.15, -0.1) is 0 Å². The Morgan fingerprint density at radius 1 is 1.53 bits per heavy atom. The van der Waals surface area contributed by atoms with E-state index in [9.17, 15) is 4.39 Å². The maximum absolute atomic E-state index is 13.6. The summed E-state index contributed by atoms with van der Waals surface area (Å²) in [4.78, 5) is 0. The first kappa shape index (κ1) is 13.5. The number of para-hydroxylation sites is 1. The van der Waals surface area contributed by atoms with Crippen LogP contribution in [0.3, 0.4) is 0 Å². The minimum absolute atomic E-state index is 0.171. The van der Waals surface area contributed by atoms with Crippen molar-refractivity contribution < 1.29 is 9.13 Å². The van der Waals surface area contributed by atoms with Crippen molar-refractivity contribution in [3.63, 3.8) is 0 Å². The zero-order valence-electron chi connectivity index (χ0n) is 10.2. The molecule has 1 aromatic carbocycles. The summed E-state index contributed by atoms with van der Waals surface area (Å²) in [5.74, 6) is -0.256. The van der Waals surface area contributed by atoms with E-state index in [1.165, 1.54) is 6.07 Å². The van der Waals surface area contributed by atoms with Crippen LogP contribution in [0.5, 0.6) is 5.75 Å². The molecule has 0 heterocycles. The summed E-state index contributed by atoms with van der Waals surface area (Å²) in [6.07, 6.45) is 0.358. The molecule has 0 aliphatic rings. The Hall–Kier alpha value is -1.60. The number of hydrogen-bond acceptors (Lipinski definition) is 3. The summed E-state index contributed by atoms with van der Waals surface area (Å²) < 4.78 is 18.9. The lowest BCUT2D eigenvalue weighted by Gasteiger charge is -2.14. The summed E-state index contributed by atoms with van der Waals surface area (Å²) in [6.45, 7) is 5.06. The van der Waals surface area contributed by atoms with E-state index >= 15 is 0 Å². The van der Waals surface area contributed by atoms with Gasteiger partial charge < -0.3 is 10.1 Å². The molecule has 92 valence electrons. The van der Waals surface area contributed by atoms with Gasteiger partial charge in [0.1, 0.15) is 6.07 Å². The van der Waals surface area contributed by atoms with Crippen LogP contribution in [0.1, 0.15) is 25.8 Å². The van der Waals surface area contributed by atoms with Crippen molar-refractivity contribution in [1.82, 2.24) is 5.32 Å². The highest BCUT2D eigenvalue weighted by Gasteiger charge is 2.12. The van der Waals surface area contributed by atoms with E-state index in [2.05, 4.69) is 12.2 Å². The molecule has 0 radical (unpaired) electrons. The Morgan fingerprint density at radius 3 is 2.94 bits per heavy atom. The third-order valence-corrected chi connectivity index (χ3v) is 2.27. The van der Waals surface area contributed by atoms with E-state index in [1.807, 2.05) is 6.07 Å². The standard InChI is InChI=1S/C13H17FN2O/c1-3-7-16-9-11-5-4-6-12(14)13(11)17-10(2)8-15/h4-6,10,16H,3,7,9H2,1-2H3. The van der Waals surface area contributed by atoms with Gasteiger partial charge >= 0.3 is 0 Å². The topological polar surface area (TPSA) is 45.0 Å². The number of benzene rings is 1. The van der Waals surface area contributed by atoms with Crippen LogP contribution in [0.2, 0.25) is 0 Å². The van der Waals surface area contributed by atoms with Crippen LogP contribution >= 0.6 is 0 Å². The van der Waals surface area contributed by atoms with Gasteiger partial charge in [0.25, 0.3) is 0 Å². The molecule has 0 aliphatic heterocycles. The first-order chi connectivity index (χ1) is 8.19. The van der Waals surface area contributed by atoms with E-state index in [1.54, 1.807) is 19.1 Å². The fourth-order valence-corrected chi connectivity index (χ4v) is 1.43. The lowest BCUT2D eigenvalue weighted by Crippen LogP contribution is -2.17. The van der Waals surface area contributed by atoms with Crippen LogP contribution in [0.25, 0.3) is 0 Å². The van der Waals surface area contributed by atoms with Crippen molar-refractivity contribution in [2.24, 2.45) is 0 Å². The first-order valence-electron chi connectivity index (χ1n) is 5.73. The van der Waals surface area contributed by atoms with Gasteiger partial charge in [-0.2, -0.15) is 5.26 Å². The number of rotatable bonds is 6. The highest BCUT2D eigenvalue weighted by molar-refractivity contribution is 5.35. The number of nitriles is 1. The minimum atomic E-state index is -0.656. The molecule has 17 heavy (non-hydrogen) atoms. The van der Waals surface area contributed by atoms with Gasteiger partial charge in [0.2, 0.25) is 0 Å². The molecular weight excluding hydrogens is 219 g/mol. The minimum Gasteiger partial charge on any atom is -0.472 e. The zero-order valence-corrected chi connectivity index (χ0v) is 10.2. The monoisotopic (exact) mass is 236 g/mol.